The summed E-state index contributed by atoms with van der Waals surface area (Å²) in [6.07, 6.45) is 1.45. The van der Waals surface area contributed by atoms with Crippen molar-refractivity contribution in [1.29, 1.82) is 0 Å². The Hall–Kier alpha value is -1.43. The van der Waals surface area contributed by atoms with E-state index in [1.165, 1.54) is 0 Å². The molecule has 0 aliphatic rings. The number of hydrogen-bond acceptors (Lipinski definition) is 5. The van der Waals surface area contributed by atoms with Gasteiger partial charge in [0.2, 0.25) is 11.8 Å². The molecule has 1 aromatic heterocycles. The first-order valence-corrected chi connectivity index (χ1v) is 7.45. The van der Waals surface area contributed by atoms with Crippen molar-refractivity contribution in [3.05, 3.63) is 11.7 Å². The first-order valence-electron chi connectivity index (χ1n) is 7.45. The van der Waals surface area contributed by atoms with Crippen molar-refractivity contribution in [2.24, 2.45) is 5.92 Å². The molecule has 0 saturated carbocycles. The van der Waals surface area contributed by atoms with Gasteiger partial charge in [-0.2, -0.15) is 4.98 Å². The maximum absolute atomic E-state index is 11.9. The fourth-order valence-corrected chi connectivity index (χ4v) is 1.93. The summed E-state index contributed by atoms with van der Waals surface area (Å²) in [4.78, 5) is 16.2. The Bertz CT molecular complexity index is 449. The van der Waals surface area contributed by atoms with E-state index < -0.39 is 0 Å². The molecule has 0 fully saturated rings. The van der Waals surface area contributed by atoms with Crippen LogP contribution < -0.4 is 5.32 Å². The number of aliphatic hydroxyl groups excluding tert-OH is 1. The highest BCUT2D eigenvalue weighted by Gasteiger charge is 2.21. The number of amides is 1. The zero-order valence-corrected chi connectivity index (χ0v) is 13.6. The zero-order valence-electron chi connectivity index (χ0n) is 13.6. The number of carbonyl (C=O) groups excluding carboxylic acids is 1. The molecule has 1 aromatic rings. The van der Waals surface area contributed by atoms with E-state index in [-0.39, 0.29) is 30.4 Å². The summed E-state index contributed by atoms with van der Waals surface area (Å²) in [6.45, 7) is 10.1. The Morgan fingerprint density at radius 1 is 1.38 bits per heavy atom. The summed E-state index contributed by atoms with van der Waals surface area (Å²) in [7, 11) is 0. The number of nitrogens with one attached hydrogen (secondary N) is 1. The van der Waals surface area contributed by atoms with Gasteiger partial charge in [-0.05, 0) is 12.3 Å². The summed E-state index contributed by atoms with van der Waals surface area (Å²) in [5, 5.41) is 16.0. The van der Waals surface area contributed by atoms with Crippen LogP contribution in [0.25, 0.3) is 0 Å². The van der Waals surface area contributed by atoms with Gasteiger partial charge < -0.3 is 14.9 Å². The zero-order chi connectivity index (χ0) is 16.0. The molecule has 0 saturated heterocycles. The average Bonchev–Trinajstić information content (AvgIpc) is 2.83. The molecule has 0 bridgehead atoms. The van der Waals surface area contributed by atoms with Gasteiger partial charge in [-0.15, -0.1) is 0 Å². The van der Waals surface area contributed by atoms with E-state index in [2.05, 4.69) is 29.3 Å². The predicted octanol–water partition coefficient (Wildman–Crippen LogP) is 1.82. The third-order valence-corrected chi connectivity index (χ3v) is 3.05. The van der Waals surface area contributed by atoms with Gasteiger partial charge in [0.15, 0.2) is 5.82 Å². The lowest BCUT2D eigenvalue weighted by Gasteiger charge is -2.17. The van der Waals surface area contributed by atoms with Gasteiger partial charge >= 0.3 is 0 Å². The molecule has 1 amide bonds. The molecule has 6 nitrogen and oxygen atoms in total. The Labute approximate surface area is 126 Å². The molecule has 0 aromatic carbocycles. The third kappa shape index (κ3) is 6.25. The SMILES string of the molecule is CC(C)CC(CO)NC(=O)CCc1nc(C(C)(C)C)no1. The lowest BCUT2D eigenvalue weighted by molar-refractivity contribution is -0.122. The molecule has 1 atom stereocenters. The van der Waals surface area contributed by atoms with Gasteiger partial charge in [0, 0.05) is 18.3 Å². The number of aliphatic hydroxyl groups is 1. The van der Waals surface area contributed by atoms with E-state index in [1.807, 2.05) is 20.8 Å². The molecule has 120 valence electrons. The molecule has 2 N–H and O–H groups in total. The number of carbonyl (C=O) groups is 1. The molecule has 0 spiro atoms. The topological polar surface area (TPSA) is 88.2 Å². The summed E-state index contributed by atoms with van der Waals surface area (Å²) in [5.74, 6) is 1.43. The van der Waals surface area contributed by atoms with Crippen molar-refractivity contribution in [1.82, 2.24) is 15.5 Å². The van der Waals surface area contributed by atoms with Crippen molar-refractivity contribution in [3.8, 4) is 0 Å². The molecule has 1 rings (SSSR count). The lowest BCUT2D eigenvalue weighted by Crippen LogP contribution is -2.38. The smallest absolute Gasteiger partial charge is 0.227 e. The number of aryl methyl sites for hydroxylation is 1. The molecule has 1 unspecified atom stereocenters. The predicted molar refractivity (Wildman–Crippen MR) is 79.8 cm³/mol. The maximum Gasteiger partial charge on any atom is 0.227 e. The largest absolute Gasteiger partial charge is 0.394 e. The van der Waals surface area contributed by atoms with E-state index in [1.54, 1.807) is 0 Å². The Kier molecular flexibility index (Phi) is 6.33. The molecular weight excluding hydrogens is 270 g/mol. The monoisotopic (exact) mass is 297 g/mol. The van der Waals surface area contributed by atoms with Gasteiger partial charge in [0.25, 0.3) is 0 Å². The van der Waals surface area contributed by atoms with Gasteiger partial charge in [-0.1, -0.05) is 39.8 Å². The molecular formula is C15H27N3O3. The Morgan fingerprint density at radius 2 is 2.05 bits per heavy atom. The van der Waals surface area contributed by atoms with Gasteiger partial charge in [0.05, 0.1) is 12.6 Å². The minimum Gasteiger partial charge on any atom is -0.394 e. The van der Waals surface area contributed by atoms with Crippen LogP contribution in [0.15, 0.2) is 4.52 Å². The van der Waals surface area contributed by atoms with Crippen LogP contribution in [0.3, 0.4) is 0 Å². The van der Waals surface area contributed by atoms with Gasteiger partial charge in [-0.3, -0.25) is 4.79 Å². The Balaban J connectivity index is 2.44. The molecule has 0 aliphatic heterocycles. The summed E-state index contributed by atoms with van der Waals surface area (Å²) in [5.41, 5.74) is -0.163. The van der Waals surface area contributed by atoms with Gasteiger partial charge in [-0.25, -0.2) is 0 Å². The maximum atomic E-state index is 11.9. The molecule has 1 heterocycles. The van der Waals surface area contributed by atoms with Crippen LogP contribution in [0.1, 0.15) is 59.2 Å². The van der Waals surface area contributed by atoms with E-state index in [9.17, 15) is 9.90 Å². The summed E-state index contributed by atoms with van der Waals surface area (Å²) < 4.78 is 5.15. The van der Waals surface area contributed by atoms with Crippen LogP contribution in [0.5, 0.6) is 0 Å². The van der Waals surface area contributed by atoms with Crippen molar-refractivity contribution in [2.75, 3.05) is 6.61 Å². The van der Waals surface area contributed by atoms with Crippen molar-refractivity contribution in [2.45, 2.75) is 65.3 Å². The van der Waals surface area contributed by atoms with Crippen molar-refractivity contribution < 1.29 is 14.4 Å². The van der Waals surface area contributed by atoms with Gasteiger partial charge in [0.1, 0.15) is 0 Å². The van der Waals surface area contributed by atoms with Crippen LogP contribution in [0, 0.1) is 5.92 Å². The molecule has 0 aliphatic carbocycles. The minimum atomic E-state index is -0.190. The van der Waals surface area contributed by atoms with E-state index in [4.69, 9.17) is 4.52 Å². The van der Waals surface area contributed by atoms with Crippen molar-refractivity contribution in [3.63, 3.8) is 0 Å². The summed E-state index contributed by atoms with van der Waals surface area (Å²) >= 11 is 0. The number of nitrogens with zero attached hydrogens (tertiary/aromatic N) is 2. The number of hydrogen-bond donors (Lipinski definition) is 2. The van der Waals surface area contributed by atoms with Crippen molar-refractivity contribution >= 4 is 5.91 Å². The fourth-order valence-electron chi connectivity index (χ4n) is 1.93. The average molecular weight is 297 g/mol. The second kappa shape index (κ2) is 7.54. The van der Waals surface area contributed by atoms with E-state index >= 15 is 0 Å². The molecule has 0 radical (unpaired) electrons. The summed E-state index contributed by atoms with van der Waals surface area (Å²) in [6, 6.07) is -0.190. The highest BCUT2D eigenvalue weighted by Crippen LogP contribution is 2.18. The van der Waals surface area contributed by atoms with Crippen LogP contribution in [0.4, 0.5) is 0 Å². The fraction of sp³-hybridized carbons (Fsp3) is 0.800. The second-order valence-corrected chi connectivity index (χ2v) is 6.84. The first-order chi connectivity index (χ1) is 9.72. The molecule has 6 heteroatoms. The number of rotatable bonds is 7. The standard InChI is InChI=1S/C15H27N3O3/c1-10(2)8-11(9-19)16-12(20)6-7-13-17-14(18-21-13)15(3,4)5/h10-11,19H,6-9H2,1-5H3,(H,16,20). The highest BCUT2D eigenvalue weighted by molar-refractivity contribution is 5.76. The lowest BCUT2D eigenvalue weighted by atomic mass is 9.96. The van der Waals surface area contributed by atoms with Crippen LogP contribution in [0.2, 0.25) is 0 Å². The Morgan fingerprint density at radius 3 is 2.52 bits per heavy atom. The first kappa shape index (κ1) is 17.6. The quantitative estimate of drug-likeness (QED) is 0.801. The van der Waals surface area contributed by atoms with E-state index in [0.717, 1.165) is 6.42 Å². The van der Waals surface area contributed by atoms with Crippen LogP contribution in [-0.4, -0.2) is 33.8 Å². The van der Waals surface area contributed by atoms with Crippen LogP contribution in [-0.2, 0) is 16.6 Å². The van der Waals surface area contributed by atoms with E-state index in [0.29, 0.717) is 24.1 Å². The number of aromatic nitrogens is 2. The minimum absolute atomic E-state index is 0.0430. The third-order valence-electron chi connectivity index (χ3n) is 3.05. The van der Waals surface area contributed by atoms with Crippen LogP contribution >= 0.6 is 0 Å². The normalized spacial score (nSPS) is 13.5. The molecule has 21 heavy (non-hydrogen) atoms. The highest BCUT2D eigenvalue weighted by atomic mass is 16.5. The second-order valence-electron chi connectivity index (χ2n) is 6.84.